The van der Waals surface area contributed by atoms with Crippen LogP contribution in [0.2, 0.25) is 0 Å². The molecule has 2 aromatic rings. The highest BCUT2D eigenvalue weighted by molar-refractivity contribution is 7.99. The van der Waals surface area contributed by atoms with Gasteiger partial charge in [0.2, 0.25) is 5.91 Å². The van der Waals surface area contributed by atoms with Gasteiger partial charge in [-0.2, -0.15) is 11.8 Å². The molecule has 1 saturated heterocycles. The number of ether oxygens (including phenoxy) is 1. The Bertz CT molecular complexity index is 872. The summed E-state index contributed by atoms with van der Waals surface area (Å²) in [6.45, 7) is 0.129. The first-order valence-corrected chi connectivity index (χ1v) is 10.4. The number of rotatable bonds is 7. The van der Waals surface area contributed by atoms with E-state index in [9.17, 15) is 19.5 Å². The van der Waals surface area contributed by atoms with Crippen LogP contribution in [0.5, 0.6) is 11.5 Å². The number of carboxylic acid groups (broad SMARTS) is 1. The summed E-state index contributed by atoms with van der Waals surface area (Å²) in [6.07, 6.45) is 2.31. The number of benzene rings is 2. The third-order valence-electron chi connectivity index (χ3n) is 4.70. The lowest BCUT2D eigenvalue weighted by Crippen LogP contribution is -2.45. The Morgan fingerprint density at radius 2 is 1.76 bits per heavy atom. The van der Waals surface area contributed by atoms with E-state index >= 15 is 0 Å². The van der Waals surface area contributed by atoms with Gasteiger partial charge in [-0.05, 0) is 49.1 Å². The largest absolute Gasteiger partial charge is 0.480 e. The van der Waals surface area contributed by atoms with Crippen LogP contribution in [0.1, 0.15) is 16.8 Å². The van der Waals surface area contributed by atoms with Crippen molar-refractivity contribution in [2.75, 3.05) is 19.3 Å². The standard InChI is InChI=1S/C21H22N2O5S/c1-29-17-11-18(21(26)27)23(13-17)19(24)12-22-20(25)14-7-9-16(10-8-14)28-15-5-3-2-4-6-15/h2-10,17-18H,11-13H2,1H3,(H,22,25)(H,26,27)/t17-,18+/m1/s1. The molecular weight excluding hydrogens is 392 g/mol. The molecule has 0 aliphatic carbocycles. The lowest BCUT2D eigenvalue weighted by atomic mass is 10.2. The number of carbonyl (C=O) groups excluding carboxylic acids is 2. The van der Waals surface area contributed by atoms with Gasteiger partial charge in [0.05, 0.1) is 6.54 Å². The van der Waals surface area contributed by atoms with E-state index in [4.69, 9.17) is 4.74 Å². The normalized spacial score (nSPS) is 18.3. The highest BCUT2D eigenvalue weighted by Gasteiger charge is 2.39. The van der Waals surface area contributed by atoms with Gasteiger partial charge in [-0.25, -0.2) is 4.79 Å². The summed E-state index contributed by atoms with van der Waals surface area (Å²) in [5.41, 5.74) is 0.386. The zero-order valence-corrected chi connectivity index (χ0v) is 16.7. The van der Waals surface area contributed by atoms with Crippen LogP contribution in [0.3, 0.4) is 0 Å². The number of thioether (sulfide) groups is 1. The minimum absolute atomic E-state index is 0.0907. The molecule has 0 bridgehead atoms. The molecule has 7 nitrogen and oxygen atoms in total. The second-order valence-electron chi connectivity index (χ2n) is 6.62. The van der Waals surface area contributed by atoms with E-state index in [0.29, 0.717) is 30.0 Å². The first-order chi connectivity index (χ1) is 14.0. The SMILES string of the molecule is CS[C@@H]1C[C@@H](C(=O)O)N(C(=O)CNC(=O)c2ccc(Oc3ccccc3)cc2)C1. The molecule has 0 spiro atoms. The van der Waals surface area contributed by atoms with Crippen molar-refractivity contribution in [1.82, 2.24) is 10.2 Å². The fraction of sp³-hybridized carbons (Fsp3) is 0.286. The van der Waals surface area contributed by atoms with Crippen LogP contribution in [0.4, 0.5) is 0 Å². The van der Waals surface area contributed by atoms with Crippen molar-refractivity contribution < 1.29 is 24.2 Å². The number of carboxylic acids is 1. The fourth-order valence-electron chi connectivity index (χ4n) is 3.14. The third-order valence-corrected chi connectivity index (χ3v) is 5.71. The van der Waals surface area contributed by atoms with Crippen LogP contribution in [0, 0.1) is 0 Å². The summed E-state index contributed by atoms with van der Waals surface area (Å²) < 4.78 is 5.68. The van der Waals surface area contributed by atoms with Crippen LogP contribution in [-0.4, -0.2) is 58.4 Å². The zero-order chi connectivity index (χ0) is 20.8. The van der Waals surface area contributed by atoms with Gasteiger partial charge < -0.3 is 20.1 Å². The van der Waals surface area contributed by atoms with Crippen LogP contribution >= 0.6 is 11.8 Å². The number of hydrogen-bond acceptors (Lipinski definition) is 5. The average molecular weight is 414 g/mol. The number of nitrogens with zero attached hydrogens (tertiary/aromatic N) is 1. The molecular formula is C21H22N2O5S. The molecule has 1 aliphatic heterocycles. The maximum Gasteiger partial charge on any atom is 0.326 e. The number of aliphatic carboxylic acids is 1. The highest BCUT2D eigenvalue weighted by atomic mass is 32.2. The molecule has 8 heteroatoms. The quantitative estimate of drug-likeness (QED) is 0.723. The summed E-state index contributed by atoms with van der Waals surface area (Å²) in [4.78, 5) is 37.5. The number of para-hydroxylation sites is 1. The molecule has 0 radical (unpaired) electrons. The minimum atomic E-state index is -1.02. The zero-order valence-electron chi connectivity index (χ0n) is 15.9. The van der Waals surface area contributed by atoms with Gasteiger partial charge in [-0.15, -0.1) is 0 Å². The van der Waals surface area contributed by atoms with Crippen molar-refractivity contribution in [2.24, 2.45) is 0 Å². The second kappa shape index (κ2) is 9.47. The fourth-order valence-corrected chi connectivity index (χ4v) is 3.82. The predicted octanol–water partition coefficient (Wildman–Crippen LogP) is 2.63. The number of likely N-dealkylation sites (tertiary alicyclic amines) is 1. The number of amides is 2. The van der Waals surface area contributed by atoms with Crippen LogP contribution < -0.4 is 10.1 Å². The lowest BCUT2D eigenvalue weighted by molar-refractivity contribution is -0.147. The number of nitrogens with one attached hydrogen (secondary N) is 1. The molecule has 1 aliphatic rings. The third kappa shape index (κ3) is 5.29. The number of carbonyl (C=O) groups is 3. The minimum Gasteiger partial charge on any atom is -0.480 e. The molecule has 29 heavy (non-hydrogen) atoms. The average Bonchev–Trinajstić information content (AvgIpc) is 3.18. The summed E-state index contributed by atoms with van der Waals surface area (Å²) in [5.74, 6) is -0.538. The van der Waals surface area contributed by atoms with Gasteiger partial charge in [0, 0.05) is 17.4 Å². The van der Waals surface area contributed by atoms with Gasteiger partial charge in [0.25, 0.3) is 5.91 Å². The van der Waals surface area contributed by atoms with Crippen LogP contribution in [0.15, 0.2) is 54.6 Å². The maximum absolute atomic E-state index is 12.4. The summed E-state index contributed by atoms with van der Waals surface area (Å²) >= 11 is 1.54. The van der Waals surface area contributed by atoms with Crippen LogP contribution in [0.25, 0.3) is 0 Å². The smallest absolute Gasteiger partial charge is 0.326 e. The molecule has 1 heterocycles. The monoisotopic (exact) mass is 414 g/mol. The first kappa shape index (κ1) is 20.7. The van der Waals surface area contributed by atoms with Crippen molar-refractivity contribution in [3.8, 4) is 11.5 Å². The molecule has 2 aromatic carbocycles. The molecule has 0 aromatic heterocycles. The Balaban J connectivity index is 1.55. The van der Waals surface area contributed by atoms with Gasteiger partial charge in [-0.3, -0.25) is 9.59 Å². The molecule has 2 amide bonds. The topological polar surface area (TPSA) is 95.9 Å². The van der Waals surface area contributed by atoms with Crippen molar-refractivity contribution in [3.05, 3.63) is 60.2 Å². The summed E-state index contributed by atoms with van der Waals surface area (Å²) in [5, 5.41) is 12.0. The van der Waals surface area contributed by atoms with Crippen LogP contribution in [-0.2, 0) is 9.59 Å². The molecule has 152 valence electrons. The summed E-state index contributed by atoms with van der Waals surface area (Å²) in [7, 11) is 0. The van der Waals surface area contributed by atoms with E-state index in [1.54, 1.807) is 36.0 Å². The Morgan fingerprint density at radius 1 is 1.10 bits per heavy atom. The van der Waals surface area contributed by atoms with Crippen molar-refractivity contribution in [3.63, 3.8) is 0 Å². The van der Waals surface area contributed by atoms with E-state index in [2.05, 4.69) is 5.32 Å². The van der Waals surface area contributed by atoms with E-state index in [-0.39, 0.29) is 11.8 Å². The molecule has 0 saturated carbocycles. The van der Waals surface area contributed by atoms with E-state index in [1.165, 1.54) is 4.90 Å². The molecule has 1 fully saturated rings. The van der Waals surface area contributed by atoms with Gasteiger partial charge in [0.15, 0.2) is 0 Å². The Hall–Kier alpha value is -3.00. The van der Waals surface area contributed by atoms with E-state index < -0.39 is 23.8 Å². The Kier molecular flexibility index (Phi) is 6.77. The van der Waals surface area contributed by atoms with Crippen molar-refractivity contribution in [2.45, 2.75) is 17.7 Å². The predicted molar refractivity (Wildman–Crippen MR) is 110 cm³/mol. The van der Waals surface area contributed by atoms with Gasteiger partial charge >= 0.3 is 5.97 Å². The molecule has 2 N–H and O–H groups in total. The van der Waals surface area contributed by atoms with Crippen molar-refractivity contribution >= 4 is 29.5 Å². The number of hydrogen-bond donors (Lipinski definition) is 2. The lowest BCUT2D eigenvalue weighted by Gasteiger charge is -2.21. The van der Waals surface area contributed by atoms with Crippen molar-refractivity contribution in [1.29, 1.82) is 0 Å². The Morgan fingerprint density at radius 3 is 2.38 bits per heavy atom. The van der Waals surface area contributed by atoms with Gasteiger partial charge in [-0.1, -0.05) is 18.2 Å². The maximum atomic E-state index is 12.4. The van der Waals surface area contributed by atoms with E-state index in [0.717, 1.165) is 0 Å². The highest BCUT2D eigenvalue weighted by Crippen LogP contribution is 2.26. The second-order valence-corrected chi connectivity index (χ2v) is 7.75. The molecule has 0 unspecified atom stereocenters. The molecule has 2 atom stereocenters. The summed E-state index contributed by atoms with van der Waals surface area (Å²) in [6, 6.07) is 15.0. The first-order valence-electron chi connectivity index (χ1n) is 9.14. The Labute approximate surface area is 173 Å². The van der Waals surface area contributed by atoms with Gasteiger partial charge in [0.1, 0.15) is 17.5 Å². The molecule has 3 rings (SSSR count). The van der Waals surface area contributed by atoms with E-state index in [1.807, 2.05) is 36.6 Å².